The Bertz CT molecular complexity index is 117. The minimum Gasteiger partial charge on any atom is -0.396 e. The van der Waals surface area contributed by atoms with Crippen molar-refractivity contribution >= 4 is 12.4 Å². The van der Waals surface area contributed by atoms with Crippen LogP contribution in [-0.4, -0.2) is 24.8 Å². The summed E-state index contributed by atoms with van der Waals surface area (Å²) in [5.41, 5.74) is 0.308. The fourth-order valence-corrected chi connectivity index (χ4v) is 2.18. The largest absolute Gasteiger partial charge is 0.396 e. The van der Waals surface area contributed by atoms with Crippen LogP contribution >= 0.6 is 12.4 Å². The molecule has 0 radical (unpaired) electrons. The van der Waals surface area contributed by atoms with Crippen molar-refractivity contribution < 1.29 is 5.11 Å². The Morgan fingerprint density at radius 3 is 2.50 bits per heavy atom. The predicted molar refractivity (Wildman–Crippen MR) is 42.4 cm³/mol. The van der Waals surface area contributed by atoms with Gasteiger partial charge in [-0.25, -0.2) is 0 Å². The molecule has 0 unspecified atom stereocenters. The van der Waals surface area contributed by atoms with Crippen LogP contribution in [-0.2, 0) is 0 Å². The second-order valence-electron chi connectivity index (χ2n) is 3.56. The summed E-state index contributed by atoms with van der Waals surface area (Å²) in [7, 11) is 0. The molecule has 0 aromatic heterocycles. The summed E-state index contributed by atoms with van der Waals surface area (Å²) in [4.78, 5) is 0. The number of hydrogen-bond donors (Lipinski definition) is 2. The van der Waals surface area contributed by atoms with E-state index in [0.717, 1.165) is 12.5 Å². The monoisotopic (exact) mass is 163 g/mol. The molecule has 10 heavy (non-hydrogen) atoms. The lowest BCUT2D eigenvalue weighted by Crippen LogP contribution is -2.56. The van der Waals surface area contributed by atoms with E-state index in [2.05, 4.69) is 5.32 Å². The summed E-state index contributed by atoms with van der Waals surface area (Å²) >= 11 is 0. The van der Waals surface area contributed by atoms with E-state index in [9.17, 15) is 0 Å². The lowest BCUT2D eigenvalue weighted by atomic mass is 9.60. The molecule has 3 fully saturated rings. The van der Waals surface area contributed by atoms with E-state index in [1.165, 1.54) is 19.4 Å². The topological polar surface area (TPSA) is 32.3 Å². The summed E-state index contributed by atoms with van der Waals surface area (Å²) in [6, 6.07) is 0. The Hall–Kier alpha value is 0.210. The molecule has 2 nitrogen and oxygen atoms in total. The first-order valence-corrected chi connectivity index (χ1v) is 3.66. The highest BCUT2D eigenvalue weighted by Gasteiger charge is 2.46. The van der Waals surface area contributed by atoms with Gasteiger partial charge in [-0.1, -0.05) is 0 Å². The van der Waals surface area contributed by atoms with E-state index in [-0.39, 0.29) is 12.4 Å². The van der Waals surface area contributed by atoms with Crippen molar-refractivity contribution in [3.63, 3.8) is 0 Å². The van der Waals surface area contributed by atoms with E-state index in [1.807, 2.05) is 0 Å². The van der Waals surface area contributed by atoms with Crippen molar-refractivity contribution in [1.29, 1.82) is 0 Å². The first-order chi connectivity index (χ1) is 4.35. The van der Waals surface area contributed by atoms with E-state index in [4.69, 9.17) is 5.11 Å². The Morgan fingerprint density at radius 2 is 2.20 bits per heavy atom. The fraction of sp³-hybridized carbons (Fsp3) is 1.00. The second-order valence-corrected chi connectivity index (χ2v) is 3.56. The van der Waals surface area contributed by atoms with Crippen molar-refractivity contribution in [3.05, 3.63) is 0 Å². The van der Waals surface area contributed by atoms with Gasteiger partial charge in [-0.3, -0.25) is 0 Å². The summed E-state index contributed by atoms with van der Waals surface area (Å²) in [5.74, 6) is 0.880. The second kappa shape index (κ2) is 2.68. The molecule has 0 atom stereocenters. The van der Waals surface area contributed by atoms with Gasteiger partial charge in [0, 0.05) is 18.6 Å². The maximum Gasteiger partial charge on any atom is 0.0499 e. The molecule has 2 saturated heterocycles. The minimum absolute atomic E-state index is 0. The van der Waals surface area contributed by atoms with Crippen LogP contribution < -0.4 is 5.32 Å². The van der Waals surface area contributed by atoms with Crippen LogP contribution in [0, 0.1) is 11.3 Å². The Morgan fingerprint density at radius 1 is 1.50 bits per heavy atom. The van der Waals surface area contributed by atoms with E-state index < -0.39 is 0 Å². The molecule has 60 valence electrons. The number of nitrogens with one attached hydrogen (secondary N) is 1. The standard InChI is InChI=1S/C7H13NO.ClH/c9-5-7-1-6(2-7)3-8-4-7;/h6,8-9H,1-5H2;1H. The van der Waals surface area contributed by atoms with Gasteiger partial charge < -0.3 is 10.4 Å². The summed E-state index contributed by atoms with van der Waals surface area (Å²) < 4.78 is 0. The maximum absolute atomic E-state index is 8.95. The lowest BCUT2D eigenvalue weighted by molar-refractivity contribution is -0.0337. The fourth-order valence-electron chi connectivity index (χ4n) is 2.18. The number of aliphatic hydroxyl groups is 1. The molecule has 2 N–H and O–H groups in total. The molecule has 0 amide bonds. The zero-order valence-electron chi connectivity index (χ0n) is 5.97. The molecule has 0 spiro atoms. The smallest absolute Gasteiger partial charge is 0.0499 e. The van der Waals surface area contributed by atoms with Gasteiger partial charge in [0.15, 0.2) is 0 Å². The van der Waals surface area contributed by atoms with Gasteiger partial charge in [-0.2, -0.15) is 0 Å². The van der Waals surface area contributed by atoms with Crippen LogP contribution in [0.25, 0.3) is 0 Å². The molecule has 2 heterocycles. The molecule has 3 rings (SSSR count). The van der Waals surface area contributed by atoms with Crippen LogP contribution in [0.3, 0.4) is 0 Å². The van der Waals surface area contributed by atoms with E-state index in [0.29, 0.717) is 12.0 Å². The molecule has 3 aliphatic rings. The van der Waals surface area contributed by atoms with Crippen LogP contribution in [0.5, 0.6) is 0 Å². The number of hydrogen-bond acceptors (Lipinski definition) is 2. The van der Waals surface area contributed by atoms with Gasteiger partial charge >= 0.3 is 0 Å². The predicted octanol–water partition coefficient (Wildman–Crippen LogP) is 0.400. The lowest BCUT2D eigenvalue weighted by Gasteiger charge is -2.51. The highest BCUT2D eigenvalue weighted by atomic mass is 35.5. The van der Waals surface area contributed by atoms with Crippen molar-refractivity contribution in [1.82, 2.24) is 5.32 Å². The minimum atomic E-state index is 0. The average Bonchev–Trinajstić information content (AvgIpc) is 1.88. The maximum atomic E-state index is 8.95. The third-order valence-corrected chi connectivity index (χ3v) is 2.71. The average molecular weight is 164 g/mol. The molecule has 0 aromatic rings. The summed E-state index contributed by atoms with van der Waals surface area (Å²) in [6.07, 6.45) is 2.52. The van der Waals surface area contributed by atoms with Gasteiger partial charge in [-0.05, 0) is 25.3 Å². The zero-order chi connectivity index (χ0) is 6.32. The van der Waals surface area contributed by atoms with Gasteiger partial charge in [0.1, 0.15) is 0 Å². The van der Waals surface area contributed by atoms with Crippen LogP contribution in [0.1, 0.15) is 12.8 Å². The quantitative estimate of drug-likeness (QED) is 0.587. The zero-order valence-corrected chi connectivity index (χ0v) is 6.78. The Labute approximate surface area is 67.4 Å². The molecule has 3 heteroatoms. The van der Waals surface area contributed by atoms with Crippen molar-refractivity contribution in [2.45, 2.75) is 12.8 Å². The number of halogens is 1. The number of rotatable bonds is 1. The first-order valence-electron chi connectivity index (χ1n) is 3.66. The summed E-state index contributed by atoms with van der Waals surface area (Å²) in [6.45, 7) is 2.61. The van der Waals surface area contributed by atoms with Crippen LogP contribution in [0.4, 0.5) is 0 Å². The summed E-state index contributed by atoms with van der Waals surface area (Å²) in [5, 5.41) is 12.3. The Kier molecular flexibility index (Phi) is 2.23. The normalized spacial score (nSPS) is 43.5. The van der Waals surface area contributed by atoms with Crippen molar-refractivity contribution in [3.8, 4) is 0 Å². The number of piperidine rings is 2. The molecular weight excluding hydrogens is 150 g/mol. The van der Waals surface area contributed by atoms with E-state index >= 15 is 0 Å². The van der Waals surface area contributed by atoms with Gasteiger partial charge in [0.2, 0.25) is 0 Å². The van der Waals surface area contributed by atoms with Crippen molar-refractivity contribution in [2.24, 2.45) is 11.3 Å². The van der Waals surface area contributed by atoms with Crippen LogP contribution in [0.15, 0.2) is 0 Å². The van der Waals surface area contributed by atoms with Gasteiger partial charge in [0.25, 0.3) is 0 Å². The molecule has 2 aliphatic heterocycles. The number of aliphatic hydroxyl groups excluding tert-OH is 1. The third kappa shape index (κ3) is 1.04. The Balaban J connectivity index is 0.000000500. The molecule has 2 bridgehead atoms. The molecule has 1 saturated carbocycles. The highest BCUT2D eigenvalue weighted by Crippen LogP contribution is 2.46. The van der Waals surface area contributed by atoms with Crippen molar-refractivity contribution in [2.75, 3.05) is 19.7 Å². The van der Waals surface area contributed by atoms with Gasteiger partial charge in [-0.15, -0.1) is 12.4 Å². The van der Waals surface area contributed by atoms with Crippen LogP contribution in [0.2, 0.25) is 0 Å². The molecule has 1 aliphatic carbocycles. The SMILES string of the molecule is Cl.OCC12CNCC(C1)C2. The molecule has 0 aromatic carbocycles. The number of fused-ring (bicyclic) bond motifs is 2. The van der Waals surface area contributed by atoms with E-state index in [1.54, 1.807) is 0 Å². The molecular formula is C7H14ClNO. The van der Waals surface area contributed by atoms with Gasteiger partial charge in [0.05, 0.1) is 0 Å². The highest BCUT2D eigenvalue weighted by molar-refractivity contribution is 5.85. The first kappa shape index (κ1) is 8.31. The third-order valence-electron chi connectivity index (χ3n) is 2.71.